The van der Waals surface area contributed by atoms with Gasteiger partial charge in [-0.1, -0.05) is 19.4 Å². The minimum absolute atomic E-state index is 0.0135. The Kier molecular flexibility index (Phi) is 7.53. The first-order valence-corrected chi connectivity index (χ1v) is 12.8. The monoisotopic (exact) mass is 527 g/mol. The van der Waals surface area contributed by atoms with Crippen LogP contribution in [0.1, 0.15) is 40.9 Å². The molecule has 1 aliphatic rings. The van der Waals surface area contributed by atoms with E-state index in [1.165, 1.54) is 55.6 Å². The van der Waals surface area contributed by atoms with Crippen LogP contribution in [0.5, 0.6) is 23.0 Å². The zero-order valence-electron chi connectivity index (χ0n) is 20.1. The van der Waals surface area contributed by atoms with Crippen molar-refractivity contribution in [1.29, 1.82) is 0 Å². The van der Waals surface area contributed by atoms with Gasteiger partial charge < -0.3 is 24.1 Å². The summed E-state index contributed by atoms with van der Waals surface area (Å²) < 4.78 is 49.9. The Morgan fingerprint density at radius 3 is 2.43 bits per heavy atom. The highest BCUT2D eigenvalue weighted by Crippen LogP contribution is 2.36. The van der Waals surface area contributed by atoms with Gasteiger partial charge in [0.2, 0.25) is 12.9 Å². The summed E-state index contributed by atoms with van der Waals surface area (Å²) in [6, 6.07) is 14.6. The smallest absolute Gasteiger partial charge is 0.335 e. The number of nitrogens with one attached hydrogen (secondary N) is 1. The second kappa shape index (κ2) is 10.8. The van der Waals surface area contributed by atoms with Gasteiger partial charge in [-0.2, -0.15) is 0 Å². The third kappa shape index (κ3) is 5.78. The van der Waals surface area contributed by atoms with Crippen LogP contribution in [-0.4, -0.2) is 39.3 Å². The van der Waals surface area contributed by atoms with Crippen LogP contribution in [0.3, 0.4) is 0 Å². The zero-order valence-corrected chi connectivity index (χ0v) is 20.9. The lowest BCUT2D eigenvalue weighted by molar-refractivity contribution is -0.126. The van der Waals surface area contributed by atoms with Gasteiger partial charge in [0, 0.05) is 5.56 Å². The van der Waals surface area contributed by atoms with Crippen molar-refractivity contribution in [1.82, 2.24) is 4.72 Å². The normalized spacial score (nSPS) is 13.0. The molecule has 1 atom stereocenters. The van der Waals surface area contributed by atoms with Gasteiger partial charge >= 0.3 is 5.97 Å². The number of carbonyl (C=O) groups excluding carboxylic acids is 1. The number of ether oxygens (including phenoxy) is 4. The van der Waals surface area contributed by atoms with Crippen molar-refractivity contribution in [2.24, 2.45) is 0 Å². The minimum atomic E-state index is -4.25. The van der Waals surface area contributed by atoms with Crippen LogP contribution in [-0.2, 0) is 21.2 Å². The van der Waals surface area contributed by atoms with Gasteiger partial charge in [-0.3, -0.25) is 4.79 Å². The lowest BCUT2D eigenvalue weighted by atomic mass is 10.0. The van der Waals surface area contributed by atoms with Crippen LogP contribution in [0.15, 0.2) is 65.6 Å². The molecule has 0 saturated heterocycles. The maximum Gasteiger partial charge on any atom is 0.335 e. The standard InChI is InChI=1S/C26H25NO9S/c1-3-4-16-13-18(26(29)30)6-11-21(16)36-24(17-5-12-22-23(14-17)35-15-34-22)25(28)27-37(31,32)20-9-7-19(33-2)8-10-20/h5-14,24H,3-4,15H2,1-2H3,(H,27,28)(H,29,30). The van der Waals surface area contributed by atoms with Gasteiger partial charge in [-0.25, -0.2) is 17.9 Å². The van der Waals surface area contributed by atoms with Crippen LogP contribution in [0.25, 0.3) is 0 Å². The molecule has 0 bridgehead atoms. The molecular formula is C26H25NO9S. The van der Waals surface area contributed by atoms with Gasteiger partial charge in [0.1, 0.15) is 11.5 Å². The highest BCUT2D eigenvalue weighted by Gasteiger charge is 2.30. The molecule has 1 unspecified atom stereocenters. The van der Waals surface area contributed by atoms with Gasteiger partial charge in [0.25, 0.3) is 15.9 Å². The highest BCUT2D eigenvalue weighted by molar-refractivity contribution is 7.90. The lowest BCUT2D eigenvalue weighted by Crippen LogP contribution is -2.37. The molecule has 37 heavy (non-hydrogen) atoms. The molecule has 1 amide bonds. The Morgan fingerprint density at radius 1 is 1.03 bits per heavy atom. The lowest BCUT2D eigenvalue weighted by Gasteiger charge is -2.21. The van der Waals surface area contributed by atoms with E-state index in [0.29, 0.717) is 41.2 Å². The first-order valence-electron chi connectivity index (χ1n) is 11.3. The summed E-state index contributed by atoms with van der Waals surface area (Å²) in [5.74, 6) is -0.469. The zero-order chi connectivity index (χ0) is 26.6. The van der Waals surface area contributed by atoms with E-state index in [9.17, 15) is 23.1 Å². The predicted molar refractivity (Wildman–Crippen MR) is 132 cm³/mol. The number of fused-ring (bicyclic) bond motifs is 1. The van der Waals surface area contributed by atoms with E-state index in [-0.39, 0.29) is 23.0 Å². The SMILES string of the molecule is CCCc1cc(C(=O)O)ccc1OC(C(=O)NS(=O)(=O)c1ccc(OC)cc1)c1ccc2c(c1)OCO2. The maximum absolute atomic E-state index is 13.4. The largest absolute Gasteiger partial charge is 0.497 e. The topological polar surface area (TPSA) is 137 Å². The molecule has 11 heteroatoms. The van der Waals surface area contributed by atoms with Crippen LogP contribution < -0.4 is 23.7 Å². The van der Waals surface area contributed by atoms with E-state index in [2.05, 4.69) is 4.72 Å². The third-order valence-corrected chi connectivity index (χ3v) is 6.98. The van der Waals surface area contributed by atoms with Crippen molar-refractivity contribution in [2.45, 2.75) is 30.8 Å². The molecule has 1 aliphatic heterocycles. The second-order valence-corrected chi connectivity index (χ2v) is 9.82. The summed E-state index contributed by atoms with van der Waals surface area (Å²) in [7, 11) is -2.80. The summed E-state index contributed by atoms with van der Waals surface area (Å²) in [5.41, 5.74) is 0.956. The number of carbonyl (C=O) groups is 2. The first-order chi connectivity index (χ1) is 17.7. The van der Waals surface area contributed by atoms with Crippen molar-refractivity contribution in [3.05, 3.63) is 77.4 Å². The van der Waals surface area contributed by atoms with Crippen molar-refractivity contribution in [2.75, 3.05) is 13.9 Å². The van der Waals surface area contributed by atoms with Crippen molar-refractivity contribution in [3.8, 4) is 23.0 Å². The van der Waals surface area contributed by atoms with E-state index in [1.54, 1.807) is 12.1 Å². The Bertz CT molecular complexity index is 1420. The summed E-state index contributed by atoms with van der Waals surface area (Å²) in [5, 5.41) is 9.37. The number of carboxylic acids is 1. The molecule has 0 radical (unpaired) electrons. The number of hydrogen-bond donors (Lipinski definition) is 2. The minimum Gasteiger partial charge on any atom is -0.497 e. The fraction of sp³-hybridized carbons (Fsp3) is 0.231. The Hall–Kier alpha value is -4.25. The van der Waals surface area contributed by atoms with Crippen LogP contribution in [0, 0.1) is 0 Å². The molecule has 4 rings (SSSR count). The fourth-order valence-corrected chi connectivity index (χ4v) is 4.75. The van der Waals surface area contributed by atoms with Crippen molar-refractivity contribution >= 4 is 21.9 Å². The molecule has 3 aromatic carbocycles. The van der Waals surface area contributed by atoms with Crippen molar-refractivity contribution in [3.63, 3.8) is 0 Å². The van der Waals surface area contributed by atoms with Gasteiger partial charge in [-0.05, 0) is 66.6 Å². The predicted octanol–water partition coefficient (Wildman–Crippen LogP) is 3.70. The number of sulfonamides is 1. The second-order valence-electron chi connectivity index (χ2n) is 8.13. The quantitative estimate of drug-likeness (QED) is 0.404. The Balaban J connectivity index is 1.70. The molecule has 0 fully saturated rings. The molecule has 0 saturated carbocycles. The number of aryl methyl sites for hydroxylation is 1. The molecule has 0 aliphatic carbocycles. The van der Waals surface area contributed by atoms with E-state index >= 15 is 0 Å². The fourth-order valence-electron chi connectivity index (χ4n) is 3.77. The summed E-state index contributed by atoms with van der Waals surface area (Å²) in [6.07, 6.45) is -0.240. The average molecular weight is 528 g/mol. The van der Waals surface area contributed by atoms with Crippen LogP contribution in [0.4, 0.5) is 0 Å². The number of amides is 1. The number of carboxylic acid groups (broad SMARTS) is 1. The number of hydrogen-bond acceptors (Lipinski definition) is 8. The molecular weight excluding hydrogens is 502 g/mol. The van der Waals surface area contributed by atoms with Crippen LogP contribution in [0.2, 0.25) is 0 Å². The Morgan fingerprint density at radius 2 is 1.76 bits per heavy atom. The van der Waals surface area contributed by atoms with E-state index in [1.807, 2.05) is 6.92 Å². The summed E-state index contributed by atoms with van der Waals surface area (Å²) >= 11 is 0. The van der Waals surface area contributed by atoms with Crippen molar-refractivity contribution < 1.29 is 42.1 Å². The third-order valence-electron chi connectivity index (χ3n) is 5.61. The van der Waals surface area contributed by atoms with Gasteiger partial charge in [0.05, 0.1) is 17.6 Å². The maximum atomic E-state index is 13.4. The molecule has 0 spiro atoms. The molecule has 1 heterocycles. The molecule has 0 aromatic heterocycles. The number of methoxy groups -OCH3 is 1. The first kappa shape index (κ1) is 25.8. The molecule has 2 N–H and O–H groups in total. The highest BCUT2D eigenvalue weighted by atomic mass is 32.2. The molecule has 3 aromatic rings. The number of aromatic carboxylic acids is 1. The van der Waals surface area contributed by atoms with Gasteiger partial charge in [0.15, 0.2) is 11.5 Å². The molecule has 194 valence electrons. The van der Waals surface area contributed by atoms with Crippen LogP contribution >= 0.6 is 0 Å². The van der Waals surface area contributed by atoms with Gasteiger partial charge in [-0.15, -0.1) is 0 Å². The average Bonchev–Trinajstić information content (AvgIpc) is 3.35. The van der Waals surface area contributed by atoms with E-state index in [0.717, 1.165) is 0 Å². The van der Waals surface area contributed by atoms with E-state index < -0.39 is 28.0 Å². The van der Waals surface area contributed by atoms with E-state index in [4.69, 9.17) is 18.9 Å². The summed E-state index contributed by atoms with van der Waals surface area (Å²) in [6.45, 7) is 1.93. The molecule has 10 nitrogen and oxygen atoms in total. The summed E-state index contributed by atoms with van der Waals surface area (Å²) in [4.78, 5) is 24.7. The number of benzene rings is 3. The number of rotatable bonds is 10. The Labute approximate surface area is 213 Å².